The van der Waals surface area contributed by atoms with Gasteiger partial charge in [-0.15, -0.1) is 0 Å². The molecule has 0 bridgehead atoms. The summed E-state index contributed by atoms with van der Waals surface area (Å²) in [5.41, 5.74) is 4.16. The summed E-state index contributed by atoms with van der Waals surface area (Å²) in [6.45, 7) is 5.88. The van der Waals surface area contributed by atoms with Gasteiger partial charge in [0.05, 0.1) is 22.2 Å². The fraction of sp³-hybridized carbons (Fsp3) is 0.160. The lowest BCUT2D eigenvalue weighted by Crippen LogP contribution is -2.13. The number of hydrogen-bond donors (Lipinski definition) is 1. The highest BCUT2D eigenvalue weighted by atomic mass is 35.5. The second kappa shape index (κ2) is 10.4. The fourth-order valence-electron chi connectivity index (χ4n) is 3.37. The maximum absolute atomic E-state index is 12.6. The van der Waals surface area contributed by atoms with Crippen LogP contribution in [0, 0.1) is 25.2 Å². The summed E-state index contributed by atoms with van der Waals surface area (Å²) in [7, 11) is 0. The molecule has 0 aliphatic rings. The minimum absolute atomic E-state index is 0.0565. The van der Waals surface area contributed by atoms with Crippen molar-refractivity contribution in [1.82, 2.24) is 4.57 Å². The number of rotatable bonds is 6. The lowest BCUT2D eigenvalue weighted by atomic mass is 10.1. The van der Waals surface area contributed by atoms with Gasteiger partial charge in [-0.2, -0.15) is 5.26 Å². The lowest BCUT2D eigenvalue weighted by molar-refractivity contribution is -0.112. The van der Waals surface area contributed by atoms with Crippen LogP contribution in [0.2, 0.25) is 10.0 Å². The molecule has 168 valence electrons. The summed E-state index contributed by atoms with van der Waals surface area (Å²) in [6, 6.07) is 15.6. The largest absolute Gasteiger partial charge is 0.462 e. The summed E-state index contributed by atoms with van der Waals surface area (Å²) in [4.78, 5) is 24.5. The second-order valence-corrected chi connectivity index (χ2v) is 8.00. The van der Waals surface area contributed by atoms with Crippen molar-refractivity contribution in [2.45, 2.75) is 20.8 Å². The van der Waals surface area contributed by atoms with Crippen LogP contribution in [0.5, 0.6) is 0 Å². The van der Waals surface area contributed by atoms with Gasteiger partial charge in [-0.3, -0.25) is 4.79 Å². The highest BCUT2D eigenvalue weighted by Gasteiger charge is 2.15. The predicted molar refractivity (Wildman–Crippen MR) is 130 cm³/mol. The first-order valence-electron chi connectivity index (χ1n) is 10.1. The molecule has 0 radical (unpaired) electrons. The third-order valence-corrected chi connectivity index (χ3v) is 5.69. The van der Waals surface area contributed by atoms with E-state index in [2.05, 4.69) is 5.32 Å². The zero-order chi connectivity index (χ0) is 24.1. The number of esters is 1. The second-order valence-electron chi connectivity index (χ2n) is 7.18. The van der Waals surface area contributed by atoms with Crippen LogP contribution in [-0.4, -0.2) is 23.1 Å². The van der Waals surface area contributed by atoms with Gasteiger partial charge in [-0.1, -0.05) is 23.2 Å². The van der Waals surface area contributed by atoms with E-state index in [1.165, 1.54) is 6.07 Å². The van der Waals surface area contributed by atoms with Crippen LogP contribution in [0.1, 0.15) is 34.2 Å². The number of nitrogens with zero attached hydrogens (tertiary/aromatic N) is 2. The molecular weight excluding hydrogens is 461 g/mol. The van der Waals surface area contributed by atoms with Crippen molar-refractivity contribution in [3.63, 3.8) is 0 Å². The van der Waals surface area contributed by atoms with Gasteiger partial charge in [0.25, 0.3) is 5.91 Å². The summed E-state index contributed by atoms with van der Waals surface area (Å²) >= 11 is 11.9. The number of aryl methyl sites for hydroxylation is 1. The zero-order valence-electron chi connectivity index (χ0n) is 18.3. The number of nitriles is 1. The number of carbonyl (C=O) groups is 2. The number of aromatic nitrogens is 1. The van der Waals surface area contributed by atoms with Crippen molar-refractivity contribution in [1.29, 1.82) is 5.26 Å². The van der Waals surface area contributed by atoms with E-state index in [0.717, 1.165) is 22.6 Å². The molecule has 0 aliphatic carbocycles. The Hall–Kier alpha value is -3.53. The van der Waals surface area contributed by atoms with Gasteiger partial charge in [-0.05, 0) is 80.9 Å². The molecule has 0 unspecified atom stereocenters. The number of ether oxygens (including phenoxy) is 1. The molecule has 1 heterocycles. The molecule has 1 N–H and O–H groups in total. The molecule has 3 rings (SSSR count). The Balaban J connectivity index is 1.88. The van der Waals surface area contributed by atoms with E-state index in [0.29, 0.717) is 27.9 Å². The number of halogens is 2. The Morgan fingerprint density at radius 3 is 2.39 bits per heavy atom. The molecule has 1 aromatic heterocycles. The fourth-order valence-corrected chi connectivity index (χ4v) is 3.67. The Labute approximate surface area is 202 Å². The summed E-state index contributed by atoms with van der Waals surface area (Å²) < 4.78 is 7.00. The molecule has 0 saturated heterocycles. The summed E-state index contributed by atoms with van der Waals surface area (Å²) in [5.74, 6) is -0.931. The molecule has 1 amide bonds. The van der Waals surface area contributed by atoms with E-state index in [1.807, 2.05) is 42.7 Å². The van der Waals surface area contributed by atoms with Gasteiger partial charge >= 0.3 is 5.97 Å². The average Bonchev–Trinajstić information content (AvgIpc) is 3.07. The molecule has 0 saturated carbocycles. The Morgan fingerprint density at radius 2 is 1.79 bits per heavy atom. The van der Waals surface area contributed by atoms with Crippen molar-refractivity contribution < 1.29 is 14.3 Å². The third kappa shape index (κ3) is 5.46. The number of amides is 1. The molecule has 2 aromatic carbocycles. The number of hydrogen-bond acceptors (Lipinski definition) is 4. The van der Waals surface area contributed by atoms with Crippen LogP contribution in [0.25, 0.3) is 11.8 Å². The van der Waals surface area contributed by atoms with Crippen molar-refractivity contribution in [3.8, 4) is 11.8 Å². The molecule has 0 atom stereocenters. The van der Waals surface area contributed by atoms with Gasteiger partial charge in [0.15, 0.2) is 0 Å². The van der Waals surface area contributed by atoms with E-state index >= 15 is 0 Å². The molecule has 6 nitrogen and oxygen atoms in total. The Kier molecular flexibility index (Phi) is 7.59. The van der Waals surface area contributed by atoms with Gasteiger partial charge in [-0.25, -0.2) is 4.79 Å². The van der Waals surface area contributed by atoms with Gasteiger partial charge < -0.3 is 14.6 Å². The van der Waals surface area contributed by atoms with Crippen LogP contribution in [0.3, 0.4) is 0 Å². The summed E-state index contributed by atoms with van der Waals surface area (Å²) in [5, 5.41) is 12.9. The van der Waals surface area contributed by atoms with Crippen molar-refractivity contribution in [3.05, 3.63) is 86.7 Å². The highest BCUT2D eigenvalue weighted by Crippen LogP contribution is 2.26. The molecular formula is C25H21Cl2N3O3. The normalized spacial score (nSPS) is 11.1. The van der Waals surface area contributed by atoms with Crippen LogP contribution in [0.15, 0.2) is 54.1 Å². The van der Waals surface area contributed by atoms with Crippen molar-refractivity contribution in [2.75, 3.05) is 11.9 Å². The maximum atomic E-state index is 12.6. The third-order valence-electron chi connectivity index (χ3n) is 4.95. The van der Waals surface area contributed by atoms with Crippen LogP contribution in [-0.2, 0) is 9.53 Å². The van der Waals surface area contributed by atoms with Gasteiger partial charge in [0.1, 0.15) is 11.6 Å². The molecule has 8 heteroatoms. The zero-order valence-corrected chi connectivity index (χ0v) is 19.8. The molecule has 33 heavy (non-hydrogen) atoms. The minimum atomic E-state index is -0.556. The first-order chi connectivity index (χ1) is 15.7. The number of benzene rings is 2. The van der Waals surface area contributed by atoms with E-state index in [1.54, 1.807) is 37.3 Å². The maximum Gasteiger partial charge on any atom is 0.338 e. The van der Waals surface area contributed by atoms with Crippen LogP contribution < -0.4 is 5.32 Å². The van der Waals surface area contributed by atoms with E-state index in [-0.39, 0.29) is 11.5 Å². The number of carbonyl (C=O) groups excluding carboxylic acids is 2. The number of nitrogens with one attached hydrogen (secondary N) is 1. The van der Waals surface area contributed by atoms with Gasteiger partial charge in [0.2, 0.25) is 0 Å². The quantitative estimate of drug-likeness (QED) is 0.261. The standard InChI is InChI=1S/C25H21Cl2N3O3/c1-4-33-25(32)17-5-8-21(9-6-17)30-15(2)11-18(16(30)3)12-19(14-28)24(31)29-20-7-10-22(26)23(27)13-20/h5-13H,4H2,1-3H3,(H,29,31)/b19-12-. The smallest absolute Gasteiger partial charge is 0.338 e. The van der Waals surface area contributed by atoms with Crippen LogP contribution >= 0.6 is 23.2 Å². The molecule has 0 fully saturated rings. The first-order valence-corrected chi connectivity index (χ1v) is 10.9. The van der Waals surface area contributed by atoms with Crippen molar-refractivity contribution >= 4 is 46.8 Å². The summed E-state index contributed by atoms with van der Waals surface area (Å²) in [6.07, 6.45) is 1.54. The molecule has 3 aromatic rings. The number of anilines is 1. The Morgan fingerprint density at radius 1 is 1.09 bits per heavy atom. The van der Waals surface area contributed by atoms with E-state index in [4.69, 9.17) is 27.9 Å². The van der Waals surface area contributed by atoms with E-state index < -0.39 is 5.91 Å². The predicted octanol–water partition coefficient (Wildman–Crippen LogP) is 6.12. The molecule has 0 aliphatic heterocycles. The minimum Gasteiger partial charge on any atom is -0.462 e. The van der Waals surface area contributed by atoms with Crippen molar-refractivity contribution in [2.24, 2.45) is 0 Å². The lowest BCUT2D eigenvalue weighted by Gasteiger charge is -2.10. The van der Waals surface area contributed by atoms with E-state index in [9.17, 15) is 14.9 Å². The molecule has 0 spiro atoms. The topological polar surface area (TPSA) is 84.1 Å². The first kappa shape index (κ1) is 24.1. The SMILES string of the molecule is CCOC(=O)c1ccc(-n2c(C)cc(/C=C(/C#N)C(=O)Nc3ccc(Cl)c(Cl)c3)c2C)cc1. The van der Waals surface area contributed by atoms with Crippen LogP contribution in [0.4, 0.5) is 5.69 Å². The monoisotopic (exact) mass is 481 g/mol. The Bertz CT molecular complexity index is 1290. The highest BCUT2D eigenvalue weighted by molar-refractivity contribution is 6.42. The van der Waals surface area contributed by atoms with Gasteiger partial charge in [0, 0.05) is 22.8 Å². The average molecular weight is 482 g/mol.